The molecule has 0 aromatic heterocycles. The number of phenolic OH excluding ortho intramolecular Hbond substituents is 1. The van der Waals surface area contributed by atoms with E-state index in [-0.39, 0.29) is 12.4 Å². The van der Waals surface area contributed by atoms with Crippen molar-refractivity contribution >= 4 is 12.4 Å². The number of likely N-dealkylation sites (tertiary alicyclic amines) is 1. The summed E-state index contributed by atoms with van der Waals surface area (Å²) in [5, 5.41) is 10.1. The molecule has 0 bridgehead atoms. The molecule has 1 N–H and O–H groups in total. The van der Waals surface area contributed by atoms with Crippen LogP contribution in [0.1, 0.15) is 56.6 Å². The summed E-state index contributed by atoms with van der Waals surface area (Å²) in [6.07, 6.45) is 6.12. The van der Waals surface area contributed by atoms with Crippen molar-refractivity contribution in [1.29, 1.82) is 0 Å². The molecule has 3 rings (SSSR count). The van der Waals surface area contributed by atoms with Gasteiger partial charge < -0.3 is 5.11 Å². The van der Waals surface area contributed by atoms with Gasteiger partial charge in [-0.1, -0.05) is 32.4 Å². The molecule has 2 nitrogen and oxygen atoms in total. The molecular weight excluding hydrogens is 282 g/mol. The molecule has 0 radical (unpaired) electrons. The van der Waals surface area contributed by atoms with Gasteiger partial charge in [0.15, 0.2) is 0 Å². The van der Waals surface area contributed by atoms with Gasteiger partial charge in [0.1, 0.15) is 5.75 Å². The lowest BCUT2D eigenvalue weighted by Gasteiger charge is -2.47. The van der Waals surface area contributed by atoms with E-state index in [1.54, 1.807) is 0 Å². The van der Waals surface area contributed by atoms with Crippen molar-refractivity contribution in [2.24, 2.45) is 5.92 Å². The molecule has 1 aliphatic heterocycles. The molecule has 0 spiro atoms. The molecule has 1 fully saturated rings. The lowest BCUT2D eigenvalue weighted by atomic mass is 9.71. The molecule has 1 saturated heterocycles. The maximum Gasteiger partial charge on any atom is 0.119 e. The van der Waals surface area contributed by atoms with Crippen molar-refractivity contribution in [2.75, 3.05) is 13.1 Å². The van der Waals surface area contributed by atoms with Crippen LogP contribution in [0.15, 0.2) is 18.2 Å². The smallest absolute Gasteiger partial charge is 0.119 e. The zero-order valence-corrected chi connectivity index (χ0v) is 14.0. The largest absolute Gasteiger partial charge is 0.508 e. The van der Waals surface area contributed by atoms with Gasteiger partial charge in [-0.3, -0.25) is 4.90 Å². The number of aromatic hydroxyl groups is 1. The zero-order valence-electron chi connectivity index (χ0n) is 13.2. The molecule has 2 aliphatic rings. The Morgan fingerprint density at radius 2 is 2.14 bits per heavy atom. The molecule has 0 saturated carbocycles. The topological polar surface area (TPSA) is 23.5 Å². The summed E-state index contributed by atoms with van der Waals surface area (Å²) in [6.45, 7) is 7.16. The van der Waals surface area contributed by atoms with Gasteiger partial charge in [0.05, 0.1) is 0 Å². The fourth-order valence-electron chi connectivity index (χ4n) is 4.30. The lowest BCUT2D eigenvalue weighted by Crippen LogP contribution is -2.49. The second-order valence-corrected chi connectivity index (χ2v) is 6.75. The molecule has 1 aromatic rings. The highest BCUT2D eigenvalue weighted by Crippen LogP contribution is 2.44. The van der Waals surface area contributed by atoms with Gasteiger partial charge in [0.25, 0.3) is 0 Å². The number of phenols is 1. The quantitative estimate of drug-likeness (QED) is 0.897. The maximum atomic E-state index is 10.1. The minimum atomic E-state index is 0. The molecule has 3 heteroatoms. The van der Waals surface area contributed by atoms with Crippen LogP contribution in [0.2, 0.25) is 0 Å². The zero-order chi connectivity index (χ0) is 14.1. The summed E-state index contributed by atoms with van der Waals surface area (Å²) in [5.41, 5.74) is 2.65. The summed E-state index contributed by atoms with van der Waals surface area (Å²) in [7, 11) is 0. The Kier molecular flexibility index (Phi) is 5.56. The predicted molar refractivity (Wildman–Crippen MR) is 90.5 cm³/mol. The molecule has 3 atom stereocenters. The first-order valence-electron chi connectivity index (χ1n) is 8.25. The van der Waals surface area contributed by atoms with Crippen molar-refractivity contribution in [3.63, 3.8) is 0 Å². The number of rotatable bonds is 3. The third-order valence-electron chi connectivity index (χ3n) is 5.21. The Bertz CT molecular complexity index is 476. The Balaban J connectivity index is 0.00000161. The molecule has 3 unspecified atom stereocenters. The lowest BCUT2D eigenvalue weighted by molar-refractivity contribution is 0.0795. The predicted octanol–water partition coefficient (Wildman–Crippen LogP) is 4.35. The fraction of sp³-hybridized carbons (Fsp3) is 0.667. The Hall–Kier alpha value is -0.730. The molecule has 0 amide bonds. The summed E-state index contributed by atoms with van der Waals surface area (Å²) in [6, 6.07) is 6.82. The van der Waals surface area contributed by atoms with Crippen LogP contribution < -0.4 is 0 Å². The number of halogens is 1. The fourth-order valence-corrected chi connectivity index (χ4v) is 4.30. The number of nitrogens with zero attached hydrogens (tertiary/aromatic N) is 1. The van der Waals surface area contributed by atoms with Gasteiger partial charge in [0.2, 0.25) is 0 Å². The van der Waals surface area contributed by atoms with Crippen LogP contribution in [-0.2, 0) is 6.42 Å². The third-order valence-corrected chi connectivity index (χ3v) is 5.21. The minimum absolute atomic E-state index is 0. The summed E-state index contributed by atoms with van der Waals surface area (Å²) in [5.74, 6) is 1.91. The monoisotopic (exact) mass is 309 g/mol. The van der Waals surface area contributed by atoms with Crippen molar-refractivity contribution in [2.45, 2.75) is 57.9 Å². The van der Waals surface area contributed by atoms with Crippen LogP contribution in [-0.4, -0.2) is 29.1 Å². The normalized spacial score (nSPS) is 28.4. The van der Waals surface area contributed by atoms with Crippen molar-refractivity contribution in [3.05, 3.63) is 29.3 Å². The van der Waals surface area contributed by atoms with Crippen LogP contribution >= 0.6 is 12.4 Å². The number of fused-ring (bicyclic) bond motifs is 3. The maximum absolute atomic E-state index is 10.1. The molecular formula is C18H28ClNO. The van der Waals surface area contributed by atoms with E-state index in [0.717, 1.165) is 12.3 Å². The van der Waals surface area contributed by atoms with Gasteiger partial charge in [-0.25, -0.2) is 0 Å². The molecule has 21 heavy (non-hydrogen) atoms. The molecule has 1 aliphatic carbocycles. The van der Waals surface area contributed by atoms with E-state index in [0.29, 0.717) is 17.7 Å². The van der Waals surface area contributed by atoms with E-state index in [1.165, 1.54) is 49.9 Å². The van der Waals surface area contributed by atoms with Crippen LogP contribution in [0.25, 0.3) is 0 Å². The van der Waals surface area contributed by atoms with E-state index in [4.69, 9.17) is 0 Å². The van der Waals surface area contributed by atoms with Gasteiger partial charge in [-0.2, -0.15) is 0 Å². The number of unbranched alkanes of at least 4 members (excludes halogenated alkanes) is 1. The van der Waals surface area contributed by atoms with Crippen LogP contribution in [0.4, 0.5) is 0 Å². The first-order valence-corrected chi connectivity index (χ1v) is 8.25. The average Bonchev–Trinajstić information content (AvgIpc) is 2.45. The standard InChI is InChI=1S/C18H27NO.ClH/c1-3-4-10-19-12-13(2)11-16-14-6-5-7-18(20)15(14)8-9-17(16)19;/h5-7,13,16-17,20H,3-4,8-12H2,1-2H3;1H. The molecule has 1 aromatic carbocycles. The minimum Gasteiger partial charge on any atom is -0.508 e. The second-order valence-electron chi connectivity index (χ2n) is 6.75. The van der Waals surface area contributed by atoms with Crippen LogP contribution in [0.5, 0.6) is 5.75 Å². The van der Waals surface area contributed by atoms with E-state index in [9.17, 15) is 5.11 Å². The number of benzene rings is 1. The molecule has 118 valence electrons. The number of piperidine rings is 1. The number of hydrogen-bond acceptors (Lipinski definition) is 2. The van der Waals surface area contributed by atoms with E-state index in [1.807, 2.05) is 12.1 Å². The highest BCUT2D eigenvalue weighted by molar-refractivity contribution is 5.85. The third kappa shape index (κ3) is 3.22. The van der Waals surface area contributed by atoms with Crippen molar-refractivity contribution in [3.8, 4) is 5.75 Å². The van der Waals surface area contributed by atoms with E-state index in [2.05, 4.69) is 24.8 Å². The van der Waals surface area contributed by atoms with Crippen LogP contribution in [0, 0.1) is 5.92 Å². The first-order chi connectivity index (χ1) is 9.70. The van der Waals surface area contributed by atoms with E-state index >= 15 is 0 Å². The number of hydrogen-bond donors (Lipinski definition) is 1. The summed E-state index contributed by atoms with van der Waals surface area (Å²) >= 11 is 0. The van der Waals surface area contributed by atoms with Gasteiger partial charge in [0, 0.05) is 18.5 Å². The highest BCUT2D eigenvalue weighted by Gasteiger charge is 2.38. The Labute approximate surface area is 135 Å². The van der Waals surface area contributed by atoms with Gasteiger partial charge in [-0.15, -0.1) is 12.4 Å². The Morgan fingerprint density at radius 1 is 1.33 bits per heavy atom. The van der Waals surface area contributed by atoms with Crippen molar-refractivity contribution < 1.29 is 5.11 Å². The Morgan fingerprint density at radius 3 is 2.90 bits per heavy atom. The van der Waals surface area contributed by atoms with E-state index < -0.39 is 0 Å². The second kappa shape index (κ2) is 7.02. The van der Waals surface area contributed by atoms with Crippen molar-refractivity contribution in [1.82, 2.24) is 4.90 Å². The van der Waals surface area contributed by atoms with Crippen LogP contribution in [0.3, 0.4) is 0 Å². The average molecular weight is 310 g/mol. The summed E-state index contributed by atoms with van der Waals surface area (Å²) in [4.78, 5) is 2.73. The van der Waals surface area contributed by atoms with Gasteiger partial charge in [-0.05, 0) is 55.3 Å². The van der Waals surface area contributed by atoms with Gasteiger partial charge >= 0.3 is 0 Å². The SMILES string of the molecule is CCCCN1CC(C)CC2c3cccc(O)c3CCC21.Cl. The highest BCUT2D eigenvalue weighted by atomic mass is 35.5. The molecule has 1 heterocycles. The summed E-state index contributed by atoms with van der Waals surface area (Å²) < 4.78 is 0. The first kappa shape index (κ1) is 16.6.